The van der Waals surface area contributed by atoms with E-state index in [0.717, 1.165) is 193 Å². The van der Waals surface area contributed by atoms with Gasteiger partial charge in [-0.15, -0.1) is 0 Å². The SMILES string of the molecule is CC/C=C\C/C=C\C/C=C\C/C=C\C/C=C\CC(=O)OC(COC(=O)CCCCCC/C=C\C/C=C\C/C=C\C/C=C\CC)COP(=O)(O)OCC(O)COP(=O)(O)OCC(COC(=O)CCCCCCCC/C=C\C/C=C\C/C=C\C/C=C\CC)OC(=O)CCCCCCC/C=C\C/C=C\CCC. The molecule has 0 fully saturated rings. The number of unbranched alkanes of at least 4 members (excludes halogenated alkanes) is 16. The lowest BCUT2D eigenvalue weighted by molar-refractivity contribution is -0.161. The molecule has 0 spiro atoms. The van der Waals surface area contributed by atoms with Gasteiger partial charge in [0.15, 0.2) is 12.2 Å². The Labute approximate surface area is 628 Å². The Hall–Kier alpha value is -5.84. The molecule has 0 rings (SSSR count). The van der Waals surface area contributed by atoms with Crippen LogP contribution in [0.4, 0.5) is 0 Å². The van der Waals surface area contributed by atoms with Crippen molar-refractivity contribution in [3.05, 3.63) is 182 Å². The quantitative estimate of drug-likeness (QED) is 0.0169. The summed E-state index contributed by atoms with van der Waals surface area (Å²) >= 11 is 0. The van der Waals surface area contributed by atoms with Gasteiger partial charge in [-0.25, -0.2) is 9.13 Å². The summed E-state index contributed by atoms with van der Waals surface area (Å²) in [7, 11) is -10.0. The fourth-order valence-electron chi connectivity index (χ4n) is 9.55. The molecule has 104 heavy (non-hydrogen) atoms. The molecule has 0 aliphatic heterocycles. The molecule has 5 unspecified atom stereocenters. The van der Waals surface area contributed by atoms with E-state index in [0.29, 0.717) is 25.7 Å². The second-order valence-electron chi connectivity index (χ2n) is 25.2. The number of aliphatic hydroxyl groups excluding tert-OH is 1. The summed E-state index contributed by atoms with van der Waals surface area (Å²) in [6, 6.07) is 0. The summed E-state index contributed by atoms with van der Waals surface area (Å²) < 4.78 is 68.4. The van der Waals surface area contributed by atoms with Gasteiger partial charge in [0, 0.05) is 19.3 Å². The first-order chi connectivity index (χ1) is 50.7. The van der Waals surface area contributed by atoms with E-state index < -0.39 is 97.5 Å². The molecule has 0 saturated heterocycles. The molecule has 5 atom stereocenters. The maximum absolute atomic E-state index is 13.1. The topological polar surface area (TPSA) is 237 Å². The van der Waals surface area contributed by atoms with Gasteiger partial charge in [0.1, 0.15) is 19.3 Å². The van der Waals surface area contributed by atoms with E-state index in [1.165, 1.54) is 0 Å². The third kappa shape index (κ3) is 74.4. The highest BCUT2D eigenvalue weighted by Gasteiger charge is 2.30. The van der Waals surface area contributed by atoms with Gasteiger partial charge >= 0.3 is 39.5 Å². The van der Waals surface area contributed by atoms with E-state index in [2.05, 4.69) is 186 Å². The van der Waals surface area contributed by atoms with Crippen molar-refractivity contribution in [2.24, 2.45) is 0 Å². The Balaban J connectivity index is 5.46. The van der Waals surface area contributed by atoms with Crippen LogP contribution < -0.4 is 0 Å². The van der Waals surface area contributed by atoms with Crippen molar-refractivity contribution in [2.75, 3.05) is 39.6 Å². The van der Waals surface area contributed by atoms with Gasteiger partial charge < -0.3 is 33.8 Å². The van der Waals surface area contributed by atoms with Gasteiger partial charge in [-0.05, 0) is 154 Å². The fraction of sp³-hybridized carbons (Fsp3) is 0.600. The average molecular weight is 1490 g/mol. The van der Waals surface area contributed by atoms with Crippen LogP contribution in [0.5, 0.6) is 0 Å². The molecule has 0 saturated carbocycles. The number of carbonyl (C=O) groups is 4. The molecule has 19 heteroatoms. The summed E-state index contributed by atoms with van der Waals surface area (Å²) in [5.41, 5.74) is 0. The van der Waals surface area contributed by atoms with E-state index >= 15 is 0 Å². The molecule has 0 aromatic carbocycles. The maximum Gasteiger partial charge on any atom is 0.472 e. The van der Waals surface area contributed by atoms with Crippen LogP contribution in [0.1, 0.15) is 272 Å². The summed E-state index contributed by atoms with van der Waals surface area (Å²) in [4.78, 5) is 72.9. The third-order valence-electron chi connectivity index (χ3n) is 15.4. The smallest absolute Gasteiger partial charge is 0.462 e. The lowest BCUT2D eigenvalue weighted by Gasteiger charge is -2.21. The molecular formula is C85H136O17P2. The molecule has 0 bridgehead atoms. The predicted octanol–water partition coefficient (Wildman–Crippen LogP) is 22.8. The monoisotopic (exact) mass is 1490 g/mol. The zero-order valence-electron chi connectivity index (χ0n) is 64.1. The molecule has 0 amide bonds. The van der Waals surface area contributed by atoms with Crippen molar-refractivity contribution in [3.8, 4) is 0 Å². The molecule has 588 valence electrons. The highest BCUT2D eigenvalue weighted by Crippen LogP contribution is 2.45. The second kappa shape index (κ2) is 75.4. The molecule has 17 nitrogen and oxygen atoms in total. The van der Waals surface area contributed by atoms with Gasteiger partial charge in [-0.1, -0.05) is 274 Å². The highest BCUT2D eigenvalue weighted by molar-refractivity contribution is 7.47. The van der Waals surface area contributed by atoms with Crippen molar-refractivity contribution in [3.63, 3.8) is 0 Å². The Bertz CT molecular complexity index is 2690. The van der Waals surface area contributed by atoms with Crippen molar-refractivity contribution in [2.45, 2.75) is 290 Å². The number of allylic oxidation sites excluding steroid dienone is 29. The van der Waals surface area contributed by atoms with E-state index in [9.17, 15) is 43.2 Å². The normalized spacial score (nSPS) is 14.9. The number of ether oxygens (including phenoxy) is 4. The van der Waals surface area contributed by atoms with Crippen LogP contribution in [0.3, 0.4) is 0 Å². The Morgan fingerprint density at radius 2 is 0.538 bits per heavy atom. The van der Waals surface area contributed by atoms with Crippen LogP contribution in [0.15, 0.2) is 182 Å². The van der Waals surface area contributed by atoms with E-state index in [1.807, 2.05) is 12.2 Å². The molecule has 0 heterocycles. The van der Waals surface area contributed by atoms with Crippen molar-refractivity contribution < 1.29 is 80.2 Å². The average Bonchev–Trinajstić information content (AvgIpc) is 0.925. The van der Waals surface area contributed by atoms with Gasteiger partial charge in [-0.2, -0.15) is 0 Å². The van der Waals surface area contributed by atoms with E-state index in [1.54, 1.807) is 12.2 Å². The molecular weight excluding hydrogens is 1350 g/mol. The molecule has 0 aliphatic carbocycles. The standard InChI is InChI=1S/C85H136O17P2/c1-5-9-13-17-21-25-29-33-36-38-39-41-44-47-50-54-58-62-66-70-83(88)95-75-80(101-84(89)71-67-63-59-55-51-45-32-28-24-20-16-12-8-4)77-99-103(91,92)97-73-79(86)74-98-104(93,94)100-78-81(102-85(90)72-68-64-60-56-52-48-42-35-31-27-23-19-15-11-7-3)76-96-82(87)69-65-61-57-53-49-46-43-40-37-34-30-26-22-18-14-10-6-2/h9-11,13-16,20-23,25-28,32-37,39,41-43,46,52,56,64,68,79-81,86H,5-8,12,17-19,24,29-31,38,40,44-45,47-51,53-55,57-63,65-67,69-78H2,1-4H3,(H,91,92)(H,93,94)/b13-9-,14-10-,15-11-,20-16-,25-21-,26-22-,27-23-,32-28-,36-33-,37-34-,41-39-,42-35-,46-43-,56-52-,68-64-. The number of esters is 4. The number of rotatable bonds is 71. The molecule has 0 aromatic rings. The van der Waals surface area contributed by atoms with E-state index in [-0.39, 0.29) is 25.7 Å². The lowest BCUT2D eigenvalue weighted by Crippen LogP contribution is -2.30. The Morgan fingerprint density at radius 3 is 0.856 bits per heavy atom. The second-order valence-corrected chi connectivity index (χ2v) is 28.1. The van der Waals surface area contributed by atoms with Crippen LogP contribution in [0, 0.1) is 0 Å². The minimum Gasteiger partial charge on any atom is -0.462 e. The van der Waals surface area contributed by atoms with E-state index in [4.69, 9.17) is 37.0 Å². The number of phosphoric acid groups is 2. The molecule has 0 aliphatic rings. The third-order valence-corrected chi connectivity index (χ3v) is 17.3. The van der Waals surface area contributed by atoms with Crippen LogP contribution in [-0.2, 0) is 65.4 Å². The molecule has 0 radical (unpaired) electrons. The summed E-state index contributed by atoms with van der Waals surface area (Å²) in [6.45, 7) is 4.26. The first-order valence-electron chi connectivity index (χ1n) is 39.0. The Morgan fingerprint density at radius 1 is 0.288 bits per heavy atom. The maximum atomic E-state index is 13.1. The zero-order chi connectivity index (χ0) is 76.0. The summed E-state index contributed by atoms with van der Waals surface area (Å²) in [6.07, 6.45) is 90.5. The number of hydrogen-bond acceptors (Lipinski definition) is 15. The van der Waals surface area contributed by atoms with Crippen molar-refractivity contribution in [1.29, 1.82) is 0 Å². The van der Waals surface area contributed by atoms with Crippen molar-refractivity contribution >= 4 is 39.5 Å². The Kier molecular flexibility index (Phi) is 71.2. The predicted molar refractivity (Wildman–Crippen MR) is 426 cm³/mol. The van der Waals surface area contributed by atoms with Crippen LogP contribution in [0.2, 0.25) is 0 Å². The molecule has 0 aromatic heterocycles. The lowest BCUT2D eigenvalue weighted by atomic mass is 10.1. The number of hydrogen-bond donors (Lipinski definition) is 3. The van der Waals surface area contributed by atoms with Crippen LogP contribution in [0.25, 0.3) is 0 Å². The first-order valence-corrected chi connectivity index (χ1v) is 42.0. The van der Waals surface area contributed by atoms with Crippen LogP contribution >= 0.6 is 15.6 Å². The van der Waals surface area contributed by atoms with Gasteiger partial charge in [-0.3, -0.25) is 37.3 Å². The van der Waals surface area contributed by atoms with Crippen molar-refractivity contribution in [1.82, 2.24) is 0 Å². The largest absolute Gasteiger partial charge is 0.472 e. The van der Waals surface area contributed by atoms with Crippen LogP contribution in [-0.4, -0.2) is 96.7 Å². The summed E-state index contributed by atoms with van der Waals surface area (Å²) in [5, 5.41) is 10.6. The fourth-order valence-corrected chi connectivity index (χ4v) is 11.1. The minimum absolute atomic E-state index is 0.0656. The highest BCUT2D eigenvalue weighted by atomic mass is 31.2. The van der Waals surface area contributed by atoms with Gasteiger partial charge in [0.2, 0.25) is 0 Å². The zero-order valence-corrected chi connectivity index (χ0v) is 65.9. The minimum atomic E-state index is -5.02. The number of phosphoric ester groups is 2. The molecule has 3 N–H and O–H groups in total. The van der Waals surface area contributed by atoms with Gasteiger partial charge in [0.25, 0.3) is 0 Å². The number of aliphatic hydroxyl groups is 1. The number of carbonyl (C=O) groups excluding carboxylic acids is 4. The van der Waals surface area contributed by atoms with Gasteiger partial charge in [0.05, 0.1) is 32.8 Å². The summed E-state index contributed by atoms with van der Waals surface area (Å²) in [5.74, 6) is -2.40. The first kappa shape index (κ1) is 98.2.